The molecule has 0 amide bonds. The van der Waals surface area contributed by atoms with Crippen LogP contribution in [0.1, 0.15) is 0 Å². The monoisotopic (exact) mass is 752 g/mol. The van der Waals surface area contributed by atoms with Gasteiger partial charge in [-0.1, -0.05) is 188 Å². The number of rotatable bonds is 7. The summed E-state index contributed by atoms with van der Waals surface area (Å²) in [5, 5.41) is 4.63. The molecule has 9 aromatic carbocycles. The fourth-order valence-corrected chi connectivity index (χ4v) is 8.41. The second-order valence-corrected chi connectivity index (χ2v) is 14.8. The molecule has 0 aliphatic carbocycles. The van der Waals surface area contributed by atoms with Crippen LogP contribution in [0, 0.1) is 0 Å². The third-order valence-corrected chi connectivity index (χ3v) is 11.3. The zero-order valence-electron chi connectivity index (χ0n) is 32.1. The van der Waals surface area contributed by atoms with E-state index < -0.39 is 0 Å². The summed E-state index contributed by atoms with van der Waals surface area (Å²) in [6.07, 6.45) is 0. The normalized spacial score (nSPS) is 11.4. The molecule has 0 aliphatic heterocycles. The summed E-state index contributed by atoms with van der Waals surface area (Å²) in [7, 11) is 0. The molecule has 0 unspecified atom stereocenters. The Bertz CT molecular complexity index is 3260. The Balaban J connectivity index is 1.14. The molecule has 2 aromatic heterocycles. The van der Waals surface area contributed by atoms with Gasteiger partial charge in [-0.3, -0.25) is 0 Å². The highest BCUT2D eigenvalue weighted by molar-refractivity contribution is 6.10. The molecule has 0 spiro atoms. The van der Waals surface area contributed by atoms with E-state index in [9.17, 15) is 0 Å². The van der Waals surface area contributed by atoms with Gasteiger partial charge in [-0.15, -0.1) is 0 Å². The van der Waals surface area contributed by atoms with E-state index in [2.05, 4.69) is 199 Å². The van der Waals surface area contributed by atoms with Crippen molar-refractivity contribution in [2.75, 3.05) is 0 Å². The zero-order valence-corrected chi connectivity index (χ0v) is 32.1. The molecule has 0 atom stereocenters. The Hall–Kier alpha value is -7.95. The van der Waals surface area contributed by atoms with E-state index in [0.717, 1.165) is 55.3 Å². The van der Waals surface area contributed by atoms with Crippen LogP contribution >= 0.6 is 0 Å². The molecule has 0 N–H and O–H groups in total. The average molecular weight is 753 g/mol. The van der Waals surface area contributed by atoms with Gasteiger partial charge in [-0.25, -0.2) is 15.0 Å². The predicted molar refractivity (Wildman–Crippen MR) is 244 cm³/mol. The quantitative estimate of drug-likeness (QED) is 0.163. The molecule has 11 aromatic rings. The van der Waals surface area contributed by atoms with Crippen LogP contribution in [0.25, 0.3) is 106 Å². The van der Waals surface area contributed by atoms with Crippen LogP contribution in [0.2, 0.25) is 0 Å². The molecule has 11 rings (SSSR count). The lowest BCUT2D eigenvalue weighted by molar-refractivity contribution is 1.07. The van der Waals surface area contributed by atoms with Crippen LogP contribution in [0.5, 0.6) is 0 Å². The molecule has 0 radical (unpaired) electrons. The van der Waals surface area contributed by atoms with Gasteiger partial charge in [0, 0.05) is 33.0 Å². The second kappa shape index (κ2) is 14.5. The fourth-order valence-electron chi connectivity index (χ4n) is 8.41. The van der Waals surface area contributed by atoms with Crippen molar-refractivity contribution in [2.45, 2.75) is 0 Å². The topological polar surface area (TPSA) is 43.6 Å². The Morgan fingerprint density at radius 2 is 0.780 bits per heavy atom. The second-order valence-electron chi connectivity index (χ2n) is 14.8. The van der Waals surface area contributed by atoms with Crippen LogP contribution < -0.4 is 0 Å². The number of fused-ring (bicyclic) bond motifs is 4. The van der Waals surface area contributed by atoms with E-state index in [0.29, 0.717) is 17.5 Å². The maximum absolute atomic E-state index is 5.30. The fraction of sp³-hybridized carbons (Fsp3) is 0. The highest BCUT2D eigenvalue weighted by Gasteiger charge is 2.20. The highest BCUT2D eigenvalue weighted by atomic mass is 15.0. The van der Waals surface area contributed by atoms with Gasteiger partial charge in [-0.2, -0.15) is 0 Å². The lowest BCUT2D eigenvalue weighted by atomic mass is 9.96. The average Bonchev–Trinajstić information content (AvgIpc) is 3.66. The van der Waals surface area contributed by atoms with Crippen molar-refractivity contribution in [3.05, 3.63) is 218 Å². The molecule has 0 bridgehead atoms. The molecule has 0 saturated carbocycles. The van der Waals surface area contributed by atoms with Crippen molar-refractivity contribution < 1.29 is 0 Å². The van der Waals surface area contributed by atoms with Gasteiger partial charge in [0.15, 0.2) is 17.5 Å². The van der Waals surface area contributed by atoms with E-state index >= 15 is 0 Å². The summed E-state index contributed by atoms with van der Waals surface area (Å²) in [5.74, 6) is 1.87. The molecule has 0 fully saturated rings. The number of hydrogen-bond acceptors (Lipinski definition) is 3. The minimum Gasteiger partial charge on any atom is -0.309 e. The first-order valence-electron chi connectivity index (χ1n) is 19.9. The summed E-state index contributed by atoms with van der Waals surface area (Å²) in [4.78, 5) is 15.7. The molecule has 2 heterocycles. The van der Waals surface area contributed by atoms with E-state index in [1.54, 1.807) is 0 Å². The van der Waals surface area contributed by atoms with Gasteiger partial charge < -0.3 is 4.57 Å². The van der Waals surface area contributed by atoms with Gasteiger partial charge in [0.2, 0.25) is 0 Å². The smallest absolute Gasteiger partial charge is 0.164 e. The van der Waals surface area contributed by atoms with Crippen molar-refractivity contribution in [3.8, 4) is 73.2 Å². The molecule has 276 valence electrons. The maximum Gasteiger partial charge on any atom is 0.164 e. The number of benzene rings is 9. The van der Waals surface area contributed by atoms with Crippen molar-refractivity contribution >= 4 is 32.6 Å². The lowest BCUT2D eigenvalue weighted by Gasteiger charge is -2.17. The van der Waals surface area contributed by atoms with Crippen molar-refractivity contribution in [1.29, 1.82) is 0 Å². The minimum absolute atomic E-state index is 0.610. The summed E-state index contributed by atoms with van der Waals surface area (Å²) in [5.41, 5.74) is 13.1. The minimum atomic E-state index is 0.610. The van der Waals surface area contributed by atoms with E-state index in [4.69, 9.17) is 15.0 Å². The van der Waals surface area contributed by atoms with Crippen LogP contribution in [-0.4, -0.2) is 19.5 Å². The highest BCUT2D eigenvalue weighted by Crippen LogP contribution is 2.40. The third-order valence-electron chi connectivity index (χ3n) is 11.3. The Morgan fingerprint density at radius 1 is 0.271 bits per heavy atom. The number of nitrogens with zero attached hydrogens (tertiary/aromatic N) is 4. The van der Waals surface area contributed by atoms with Gasteiger partial charge in [0.25, 0.3) is 0 Å². The standard InChI is InChI=1S/C55H36N4/c1-4-16-37(17-5-1)40-22-14-23-43(34-40)46-33-31-44(36-52(46)59-50-28-12-10-25-47(50)48-26-11-13-29-51(48)59)54-56-53(39-20-8-3-9-21-39)57-55(58-54)49-27-15-24-42-35-41(30-32-45(42)49)38-18-6-2-7-19-38/h1-36H. The summed E-state index contributed by atoms with van der Waals surface area (Å²) < 4.78 is 2.40. The first kappa shape index (κ1) is 34.3. The van der Waals surface area contributed by atoms with E-state index in [1.165, 1.54) is 33.0 Å². The molecule has 4 heteroatoms. The third kappa shape index (κ3) is 6.24. The molecular weight excluding hydrogens is 717 g/mol. The zero-order chi connectivity index (χ0) is 39.1. The van der Waals surface area contributed by atoms with Crippen molar-refractivity contribution in [1.82, 2.24) is 19.5 Å². The number of hydrogen-bond donors (Lipinski definition) is 0. The molecule has 4 nitrogen and oxygen atoms in total. The first-order valence-corrected chi connectivity index (χ1v) is 19.9. The number of aromatic nitrogens is 4. The SMILES string of the molecule is c1ccc(-c2cccc(-c3ccc(-c4nc(-c5ccccc5)nc(-c5cccc6cc(-c7ccccc7)ccc56)n4)cc3-n3c4ccccc4c4ccccc43)c2)cc1. The Labute approximate surface area is 342 Å². The van der Waals surface area contributed by atoms with Gasteiger partial charge in [-0.05, 0) is 68.9 Å². The Morgan fingerprint density at radius 3 is 1.46 bits per heavy atom. The molecule has 0 saturated heterocycles. The first-order chi connectivity index (χ1) is 29.2. The molecule has 59 heavy (non-hydrogen) atoms. The van der Waals surface area contributed by atoms with Crippen LogP contribution in [0.3, 0.4) is 0 Å². The van der Waals surface area contributed by atoms with E-state index in [-0.39, 0.29) is 0 Å². The van der Waals surface area contributed by atoms with Crippen molar-refractivity contribution in [3.63, 3.8) is 0 Å². The van der Waals surface area contributed by atoms with Gasteiger partial charge >= 0.3 is 0 Å². The van der Waals surface area contributed by atoms with Gasteiger partial charge in [0.05, 0.1) is 16.7 Å². The predicted octanol–water partition coefficient (Wildman–Crippen LogP) is 14.1. The van der Waals surface area contributed by atoms with Gasteiger partial charge in [0.1, 0.15) is 0 Å². The summed E-state index contributed by atoms with van der Waals surface area (Å²) >= 11 is 0. The maximum atomic E-state index is 5.30. The number of para-hydroxylation sites is 2. The largest absolute Gasteiger partial charge is 0.309 e. The summed E-state index contributed by atoms with van der Waals surface area (Å²) in [6, 6.07) is 77.1. The Kier molecular flexibility index (Phi) is 8.45. The van der Waals surface area contributed by atoms with Crippen LogP contribution in [-0.2, 0) is 0 Å². The lowest BCUT2D eigenvalue weighted by Crippen LogP contribution is -2.02. The van der Waals surface area contributed by atoms with Crippen molar-refractivity contribution in [2.24, 2.45) is 0 Å². The van der Waals surface area contributed by atoms with E-state index in [1.807, 2.05) is 24.3 Å². The molecule has 0 aliphatic rings. The van der Waals surface area contributed by atoms with Crippen LogP contribution in [0.15, 0.2) is 218 Å². The summed E-state index contributed by atoms with van der Waals surface area (Å²) in [6.45, 7) is 0. The van der Waals surface area contributed by atoms with Crippen LogP contribution in [0.4, 0.5) is 0 Å². The molecular formula is C55H36N4.